The van der Waals surface area contributed by atoms with E-state index in [0.29, 0.717) is 18.3 Å². The predicted molar refractivity (Wildman–Crippen MR) is 66.5 cm³/mol. The van der Waals surface area contributed by atoms with Gasteiger partial charge in [0.1, 0.15) is 6.10 Å². The highest BCUT2D eigenvalue weighted by atomic mass is 16.6. The summed E-state index contributed by atoms with van der Waals surface area (Å²) in [7, 11) is 0. The van der Waals surface area contributed by atoms with Gasteiger partial charge in [0, 0.05) is 5.57 Å². The second kappa shape index (κ2) is 8.02. The summed E-state index contributed by atoms with van der Waals surface area (Å²) in [6.07, 6.45) is 4.84. The van der Waals surface area contributed by atoms with E-state index < -0.39 is 5.97 Å². The molecule has 0 amide bonds. The van der Waals surface area contributed by atoms with Gasteiger partial charge < -0.3 is 19.3 Å². The lowest BCUT2D eigenvalue weighted by Gasteiger charge is -1.92. The molecule has 102 valence electrons. The molecule has 2 heterocycles. The Morgan fingerprint density at radius 2 is 2.06 bits per heavy atom. The normalized spacial score (nSPS) is 24.8. The van der Waals surface area contributed by atoms with Gasteiger partial charge in [0.15, 0.2) is 0 Å². The molecule has 2 atom stereocenters. The largest absolute Gasteiger partial charge is 0.478 e. The van der Waals surface area contributed by atoms with Crippen molar-refractivity contribution >= 4 is 5.97 Å². The minimum Gasteiger partial charge on any atom is -0.478 e. The van der Waals surface area contributed by atoms with Crippen LogP contribution in [0.2, 0.25) is 0 Å². The van der Waals surface area contributed by atoms with Gasteiger partial charge >= 0.3 is 5.97 Å². The van der Waals surface area contributed by atoms with Gasteiger partial charge in [0.25, 0.3) is 0 Å². The molecule has 18 heavy (non-hydrogen) atoms. The topological polar surface area (TPSA) is 71.6 Å². The highest BCUT2D eigenvalue weighted by Crippen LogP contribution is 2.14. The molecule has 0 aliphatic carbocycles. The van der Waals surface area contributed by atoms with Crippen molar-refractivity contribution < 1.29 is 24.1 Å². The zero-order valence-electron chi connectivity index (χ0n) is 10.6. The summed E-state index contributed by atoms with van der Waals surface area (Å²) in [5.74, 6) is -0.847. The number of carbonyl (C=O) groups is 1. The van der Waals surface area contributed by atoms with Gasteiger partial charge in [-0.05, 0) is 13.3 Å². The van der Waals surface area contributed by atoms with Crippen molar-refractivity contribution in [3.63, 3.8) is 0 Å². The van der Waals surface area contributed by atoms with E-state index in [0.717, 1.165) is 26.2 Å². The molecule has 2 unspecified atom stereocenters. The van der Waals surface area contributed by atoms with Gasteiger partial charge in [-0.3, -0.25) is 0 Å². The van der Waals surface area contributed by atoms with Crippen LogP contribution in [0.15, 0.2) is 24.3 Å². The van der Waals surface area contributed by atoms with Crippen LogP contribution in [0.4, 0.5) is 0 Å². The van der Waals surface area contributed by atoms with Crippen molar-refractivity contribution in [3.05, 3.63) is 24.3 Å². The molecule has 2 fully saturated rings. The number of aliphatic carboxylic acids is 1. The summed E-state index contributed by atoms with van der Waals surface area (Å²) in [4.78, 5) is 10.2. The van der Waals surface area contributed by atoms with Crippen molar-refractivity contribution in [3.8, 4) is 0 Å². The molecule has 5 heteroatoms. The molecule has 0 aromatic rings. The second-order valence-corrected chi connectivity index (χ2v) is 4.16. The summed E-state index contributed by atoms with van der Waals surface area (Å²) >= 11 is 0. The summed E-state index contributed by atoms with van der Waals surface area (Å²) in [5.41, 5.74) is 0.399. The van der Waals surface area contributed by atoms with E-state index in [1.54, 1.807) is 19.1 Å². The van der Waals surface area contributed by atoms with Crippen LogP contribution in [0, 0.1) is 0 Å². The fourth-order valence-corrected chi connectivity index (χ4v) is 1.05. The summed E-state index contributed by atoms with van der Waals surface area (Å²) in [6, 6.07) is 0. The number of hydrogen-bond acceptors (Lipinski definition) is 4. The second-order valence-electron chi connectivity index (χ2n) is 4.16. The maximum atomic E-state index is 10.2. The molecular formula is C13H20O5. The maximum absolute atomic E-state index is 10.2. The quantitative estimate of drug-likeness (QED) is 0.322. The highest BCUT2D eigenvalue weighted by Gasteiger charge is 2.21. The van der Waals surface area contributed by atoms with Crippen LogP contribution in [0.25, 0.3) is 0 Å². The molecule has 2 saturated heterocycles. The SMILES string of the molecule is C=CCOCC1CO1.CC(=CCC1CO1)C(=O)O. The standard InChI is InChI=1S/C7H10O3.C6H10O2/c1-5(7(8)9)2-3-6-4-10-6;1-2-3-7-4-6-5-8-6/h2,6H,3-4H2,1H3,(H,8,9);2,6H,1,3-5H2. The Hall–Kier alpha value is -1.17. The van der Waals surface area contributed by atoms with Crippen LogP contribution in [0.5, 0.6) is 0 Å². The molecule has 0 aromatic heterocycles. The van der Waals surface area contributed by atoms with Gasteiger partial charge in [0.05, 0.1) is 32.5 Å². The van der Waals surface area contributed by atoms with Crippen molar-refractivity contribution in [2.45, 2.75) is 25.6 Å². The Labute approximate surface area is 107 Å². The van der Waals surface area contributed by atoms with Crippen LogP contribution in [0.3, 0.4) is 0 Å². The number of ether oxygens (including phenoxy) is 3. The summed E-state index contributed by atoms with van der Waals surface area (Å²) in [5, 5.41) is 8.41. The van der Waals surface area contributed by atoms with E-state index in [1.807, 2.05) is 0 Å². The Bertz CT molecular complexity index is 303. The molecular weight excluding hydrogens is 236 g/mol. The molecule has 0 saturated carbocycles. The Kier molecular flexibility index (Phi) is 6.64. The first-order chi connectivity index (χ1) is 8.63. The van der Waals surface area contributed by atoms with Crippen molar-refractivity contribution in [1.29, 1.82) is 0 Å². The molecule has 2 rings (SSSR count). The fourth-order valence-electron chi connectivity index (χ4n) is 1.05. The average molecular weight is 256 g/mol. The first kappa shape index (κ1) is 14.9. The minimum atomic E-state index is -0.847. The first-order valence-electron chi connectivity index (χ1n) is 5.95. The van der Waals surface area contributed by atoms with Crippen molar-refractivity contribution in [1.82, 2.24) is 0 Å². The number of carboxylic acids is 1. The maximum Gasteiger partial charge on any atom is 0.330 e. The van der Waals surface area contributed by atoms with Crippen LogP contribution in [-0.2, 0) is 19.0 Å². The van der Waals surface area contributed by atoms with Gasteiger partial charge in [-0.25, -0.2) is 4.79 Å². The van der Waals surface area contributed by atoms with Gasteiger partial charge in [0.2, 0.25) is 0 Å². The Morgan fingerprint density at radius 3 is 2.50 bits per heavy atom. The smallest absolute Gasteiger partial charge is 0.330 e. The molecule has 1 N–H and O–H groups in total. The van der Waals surface area contributed by atoms with Crippen LogP contribution in [-0.4, -0.2) is 49.7 Å². The fraction of sp³-hybridized carbons (Fsp3) is 0.615. The zero-order chi connectivity index (χ0) is 13.4. The molecule has 2 aliphatic rings. The summed E-state index contributed by atoms with van der Waals surface area (Å²) < 4.78 is 14.9. The third-order valence-electron chi connectivity index (χ3n) is 2.37. The van der Waals surface area contributed by atoms with Crippen LogP contribution in [0.1, 0.15) is 13.3 Å². The lowest BCUT2D eigenvalue weighted by Crippen LogP contribution is -2.00. The highest BCUT2D eigenvalue weighted by molar-refractivity contribution is 5.85. The van der Waals surface area contributed by atoms with E-state index in [9.17, 15) is 4.79 Å². The van der Waals surface area contributed by atoms with E-state index in [1.165, 1.54) is 0 Å². The molecule has 2 aliphatic heterocycles. The van der Waals surface area contributed by atoms with Crippen molar-refractivity contribution in [2.75, 3.05) is 26.4 Å². The van der Waals surface area contributed by atoms with E-state index in [4.69, 9.17) is 19.3 Å². The Balaban J connectivity index is 0.000000184. The monoisotopic (exact) mass is 256 g/mol. The summed E-state index contributed by atoms with van der Waals surface area (Å²) in [6.45, 7) is 8.12. The third-order valence-corrected chi connectivity index (χ3v) is 2.37. The first-order valence-corrected chi connectivity index (χ1v) is 5.95. The number of hydrogen-bond donors (Lipinski definition) is 1. The number of rotatable bonds is 7. The van der Waals surface area contributed by atoms with E-state index >= 15 is 0 Å². The van der Waals surface area contributed by atoms with Crippen LogP contribution >= 0.6 is 0 Å². The third kappa shape index (κ3) is 8.00. The lowest BCUT2D eigenvalue weighted by atomic mass is 10.2. The van der Waals surface area contributed by atoms with Crippen LogP contribution < -0.4 is 0 Å². The van der Waals surface area contributed by atoms with Gasteiger partial charge in [-0.1, -0.05) is 12.2 Å². The van der Waals surface area contributed by atoms with Gasteiger partial charge in [-0.15, -0.1) is 6.58 Å². The lowest BCUT2D eigenvalue weighted by molar-refractivity contribution is -0.132. The van der Waals surface area contributed by atoms with E-state index in [2.05, 4.69) is 6.58 Å². The zero-order valence-corrected chi connectivity index (χ0v) is 10.6. The molecule has 0 radical (unpaired) electrons. The number of carboxylic acid groups (broad SMARTS) is 1. The van der Waals surface area contributed by atoms with Gasteiger partial charge in [-0.2, -0.15) is 0 Å². The average Bonchev–Trinajstić information content (AvgIpc) is 3.20. The predicted octanol–water partition coefficient (Wildman–Crippen LogP) is 1.39. The van der Waals surface area contributed by atoms with E-state index in [-0.39, 0.29) is 6.10 Å². The molecule has 0 aromatic carbocycles. The molecule has 0 bridgehead atoms. The molecule has 5 nitrogen and oxygen atoms in total. The minimum absolute atomic E-state index is 0.286. The number of epoxide rings is 2. The Morgan fingerprint density at radius 1 is 1.44 bits per heavy atom. The molecule has 0 spiro atoms. The van der Waals surface area contributed by atoms with Crippen molar-refractivity contribution in [2.24, 2.45) is 0 Å².